The molecule has 0 heterocycles. The molecule has 0 fully saturated rings. The molecule has 0 bridgehead atoms. The van der Waals surface area contributed by atoms with Gasteiger partial charge in [0.05, 0.1) is 14.2 Å². The zero-order valence-electron chi connectivity index (χ0n) is 14.0. The number of ether oxygens (including phenoxy) is 3. The van der Waals surface area contributed by atoms with Crippen LogP contribution in [-0.2, 0) is 14.3 Å². The smallest absolute Gasteiger partial charge is 0.331 e. The van der Waals surface area contributed by atoms with E-state index in [1.54, 1.807) is 56.7 Å². The lowest BCUT2D eigenvalue weighted by Crippen LogP contribution is -2.20. The Morgan fingerprint density at radius 2 is 1.72 bits per heavy atom. The van der Waals surface area contributed by atoms with Gasteiger partial charge in [-0.15, -0.1) is 0 Å². The molecule has 0 atom stereocenters. The fraction of sp³-hybridized carbons (Fsp3) is 0.158. The molecule has 1 amide bonds. The van der Waals surface area contributed by atoms with E-state index in [9.17, 15) is 9.59 Å². The Bertz CT molecular complexity index is 753. The minimum atomic E-state index is -0.604. The van der Waals surface area contributed by atoms with Crippen molar-refractivity contribution in [1.29, 1.82) is 0 Å². The van der Waals surface area contributed by atoms with Crippen LogP contribution in [0.25, 0.3) is 6.08 Å². The predicted octanol–water partition coefficient (Wildman–Crippen LogP) is 2.90. The third kappa shape index (κ3) is 6.02. The maximum atomic E-state index is 11.8. The van der Waals surface area contributed by atoms with Crippen molar-refractivity contribution in [3.8, 4) is 11.5 Å². The van der Waals surface area contributed by atoms with Gasteiger partial charge in [-0.3, -0.25) is 4.79 Å². The van der Waals surface area contributed by atoms with Crippen molar-refractivity contribution in [1.82, 2.24) is 0 Å². The van der Waals surface area contributed by atoms with Gasteiger partial charge in [0.15, 0.2) is 6.61 Å². The highest BCUT2D eigenvalue weighted by Crippen LogP contribution is 2.15. The Hall–Kier alpha value is -3.28. The molecule has 0 spiro atoms. The summed E-state index contributed by atoms with van der Waals surface area (Å²) in [6.45, 7) is -0.368. The number of hydrogen-bond donors (Lipinski definition) is 1. The highest BCUT2D eigenvalue weighted by atomic mass is 16.5. The van der Waals surface area contributed by atoms with E-state index in [1.807, 2.05) is 12.1 Å². The summed E-state index contributed by atoms with van der Waals surface area (Å²) in [5.41, 5.74) is 1.38. The van der Waals surface area contributed by atoms with E-state index < -0.39 is 11.9 Å². The SMILES string of the molecule is COc1ccc(NC(=O)COC(=O)/C=C/c2cccc(OC)c2)cc1. The molecular formula is C19H19NO5. The predicted molar refractivity (Wildman–Crippen MR) is 94.6 cm³/mol. The second-order valence-electron chi connectivity index (χ2n) is 4.99. The van der Waals surface area contributed by atoms with Crippen molar-refractivity contribution in [3.63, 3.8) is 0 Å². The van der Waals surface area contributed by atoms with Gasteiger partial charge < -0.3 is 19.5 Å². The normalized spacial score (nSPS) is 10.3. The molecule has 2 aromatic carbocycles. The van der Waals surface area contributed by atoms with Crippen molar-refractivity contribution < 1.29 is 23.8 Å². The molecule has 25 heavy (non-hydrogen) atoms. The summed E-state index contributed by atoms with van der Waals surface area (Å²) in [5, 5.41) is 2.63. The maximum Gasteiger partial charge on any atom is 0.331 e. The molecule has 130 valence electrons. The quantitative estimate of drug-likeness (QED) is 0.619. The number of esters is 1. The molecular weight excluding hydrogens is 322 g/mol. The summed E-state index contributed by atoms with van der Waals surface area (Å²) in [4.78, 5) is 23.4. The van der Waals surface area contributed by atoms with Crippen LogP contribution in [0.15, 0.2) is 54.6 Å². The minimum absolute atomic E-state index is 0.368. The standard InChI is InChI=1S/C19H19NO5/c1-23-16-9-7-15(8-10-16)20-18(21)13-25-19(22)11-6-14-4-3-5-17(12-14)24-2/h3-12H,13H2,1-2H3,(H,20,21)/b11-6+. The number of nitrogens with one attached hydrogen (secondary N) is 1. The molecule has 0 aliphatic carbocycles. The average Bonchev–Trinajstić information content (AvgIpc) is 2.65. The first kappa shape index (κ1) is 18.1. The Morgan fingerprint density at radius 1 is 1.00 bits per heavy atom. The van der Waals surface area contributed by atoms with Gasteiger partial charge >= 0.3 is 5.97 Å². The molecule has 6 nitrogen and oxygen atoms in total. The topological polar surface area (TPSA) is 73.9 Å². The third-order valence-electron chi connectivity index (χ3n) is 3.22. The Kier molecular flexibility index (Phi) is 6.59. The summed E-state index contributed by atoms with van der Waals surface area (Å²) in [5.74, 6) is 0.350. The monoisotopic (exact) mass is 341 g/mol. The Morgan fingerprint density at radius 3 is 2.40 bits per heavy atom. The summed E-state index contributed by atoms with van der Waals surface area (Å²) >= 11 is 0. The van der Waals surface area contributed by atoms with Crippen LogP contribution in [0.3, 0.4) is 0 Å². The minimum Gasteiger partial charge on any atom is -0.497 e. The van der Waals surface area contributed by atoms with Crippen LogP contribution in [0.2, 0.25) is 0 Å². The molecule has 0 unspecified atom stereocenters. The van der Waals surface area contributed by atoms with Gasteiger partial charge in [0, 0.05) is 11.8 Å². The van der Waals surface area contributed by atoms with Crippen LogP contribution in [-0.4, -0.2) is 32.7 Å². The molecule has 0 saturated heterocycles. The van der Waals surface area contributed by atoms with E-state index in [1.165, 1.54) is 6.08 Å². The number of carbonyl (C=O) groups is 2. The fourth-order valence-electron chi connectivity index (χ4n) is 1.97. The van der Waals surface area contributed by atoms with Crippen molar-refractivity contribution in [3.05, 3.63) is 60.2 Å². The fourth-order valence-corrected chi connectivity index (χ4v) is 1.97. The largest absolute Gasteiger partial charge is 0.497 e. The molecule has 0 saturated carbocycles. The number of carbonyl (C=O) groups excluding carboxylic acids is 2. The zero-order chi connectivity index (χ0) is 18.1. The van der Waals surface area contributed by atoms with Gasteiger partial charge in [0.2, 0.25) is 0 Å². The third-order valence-corrected chi connectivity index (χ3v) is 3.22. The summed E-state index contributed by atoms with van der Waals surface area (Å²) in [6, 6.07) is 14.0. The van der Waals surface area contributed by atoms with Crippen molar-refractivity contribution in [2.75, 3.05) is 26.1 Å². The molecule has 2 aromatic rings. The molecule has 1 N–H and O–H groups in total. The van der Waals surface area contributed by atoms with E-state index in [4.69, 9.17) is 14.2 Å². The molecule has 0 aliphatic heterocycles. The highest BCUT2D eigenvalue weighted by Gasteiger charge is 2.06. The van der Waals surface area contributed by atoms with Gasteiger partial charge in [-0.1, -0.05) is 12.1 Å². The van der Waals surface area contributed by atoms with Gasteiger partial charge in [0.25, 0.3) is 5.91 Å². The van der Waals surface area contributed by atoms with E-state index in [0.29, 0.717) is 17.2 Å². The second kappa shape index (κ2) is 9.12. The van der Waals surface area contributed by atoms with E-state index in [-0.39, 0.29) is 6.61 Å². The van der Waals surface area contributed by atoms with Crippen LogP contribution in [0.4, 0.5) is 5.69 Å². The average molecular weight is 341 g/mol. The summed E-state index contributed by atoms with van der Waals surface area (Å²) in [6.07, 6.45) is 2.85. The maximum absolute atomic E-state index is 11.8. The van der Waals surface area contributed by atoms with Crippen LogP contribution >= 0.6 is 0 Å². The lowest BCUT2D eigenvalue weighted by Gasteiger charge is -2.06. The second-order valence-corrected chi connectivity index (χ2v) is 4.99. The number of rotatable bonds is 7. The van der Waals surface area contributed by atoms with Crippen molar-refractivity contribution in [2.45, 2.75) is 0 Å². The summed E-state index contributed by atoms with van der Waals surface area (Å²) in [7, 11) is 3.13. The first-order valence-electron chi connectivity index (χ1n) is 7.53. The van der Waals surface area contributed by atoms with Crippen LogP contribution in [0, 0.1) is 0 Å². The zero-order valence-corrected chi connectivity index (χ0v) is 14.0. The van der Waals surface area contributed by atoms with Gasteiger partial charge in [0.1, 0.15) is 11.5 Å². The lowest BCUT2D eigenvalue weighted by atomic mass is 10.2. The van der Waals surface area contributed by atoms with Crippen molar-refractivity contribution >= 4 is 23.6 Å². The molecule has 0 aromatic heterocycles. The number of hydrogen-bond acceptors (Lipinski definition) is 5. The molecule has 0 radical (unpaired) electrons. The number of anilines is 1. The Labute approximate surface area is 146 Å². The van der Waals surface area contributed by atoms with Gasteiger partial charge in [-0.2, -0.15) is 0 Å². The van der Waals surface area contributed by atoms with Crippen molar-refractivity contribution in [2.24, 2.45) is 0 Å². The van der Waals surface area contributed by atoms with E-state index in [2.05, 4.69) is 5.32 Å². The van der Waals surface area contributed by atoms with Gasteiger partial charge in [-0.05, 0) is 48.0 Å². The van der Waals surface area contributed by atoms with Crippen LogP contribution in [0.1, 0.15) is 5.56 Å². The van der Waals surface area contributed by atoms with Crippen LogP contribution in [0.5, 0.6) is 11.5 Å². The first-order valence-corrected chi connectivity index (χ1v) is 7.53. The number of amides is 1. The number of benzene rings is 2. The van der Waals surface area contributed by atoms with E-state index in [0.717, 1.165) is 5.56 Å². The van der Waals surface area contributed by atoms with E-state index >= 15 is 0 Å². The van der Waals surface area contributed by atoms with Gasteiger partial charge in [-0.25, -0.2) is 4.79 Å². The van der Waals surface area contributed by atoms with Crippen LogP contribution < -0.4 is 14.8 Å². The summed E-state index contributed by atoms with van der Waals surface area (Å²) < 4.78 is 15.0. The Balaban J connectivity index is 1.80. The molecule has 6 heteroatoms. The number of methoxy groups -OCH3 is 2. The highest BCUT2D eigenvalue weighted by molar-refractivity contribution is 5.94. The molecule has 2 rings (SSSR count). The lowest BCUT2D eigenvalue weighted by molar-refractivity contribution is -0.142. The molecule has 0 aliphatic rings. The first-order chi connectivity index (χ1) is 12.1.